The summed E-state index contributed by atoms with van der Waals surface area (Å²) < 4.78 is 5.20. The van der Waals surface area contributed by atoms with Crippen LogP contribution in [0.15, 0.2) is 11.8 Å². The van der Waals surface area contributed by atoms with Gasteiger partial charge in [0.2, 0.25) is 0 Å². The highest BCUT2D eigenvalue weighted by Crippen LogP contribution is 2.30. The number of ketones is 1. The van der Waals surface area contributed by atoms with E-state index < -0.39 is 5.54 Å². The van der Waals surface area contributed by atoms with Crippen molar-refractivity contribution in [3.8, 4) is 0 Å². The van der Waals surface area contributed by atoms with Gasteiger partial charge in [-0.25, -0.2) is 0 Å². The van der Waals surface area contributed by atoms with Gasteiger partial charge in [-0.15, -0.1) is 0 Å². The van der Waals surface area contributed by atoms with Crippen LogP contribution in [-0.2, 0) is 9.53 Å². The summed E-state index contributed by atoms with van der Waals surface area (Å²) >= 11 is 0. The smallest absolute Gasteiger partial charge is 0.181 e. The summed E-state index contributed by atoms with van der Waals surface area (Å²) in [6, 6.07) is 0. The number of nitrogens with two attached hydrogens (primary N) is 1. The Morgan fingerprint density at radius 1 is 1.27 bits per heavy atom. The lowest BCUT2D eigenvalue weighted by molar-refractivity contribution is -0.122. The highest BCUT2D eigenvalue weighted by molar-refractivity contribution is 6.02. The zero-order chi connectivity index (χ0) is 10.7. The van der Waals surface area contributed by atoms with Crippen molar-refractivity contribution in [2.24, 2.45) is 5.73 Å². The van der Waals surface area contributed by atoms with Crippen LogP contribution in [0.5, 0.6) is 0 Å². The Kier molecular flexibility index (Phi) is 3.10. The van der Waals surface area contributed by atoms with Crippen molar-refractivity contribution in [3.05, 3.63) is 11.8 Å². The SMILES string of the molecule is NC1(C(=O)C2=COCCC2)CCCCC1. The van der Waals surface area contributed by atoms with Crippen LogP contribution in [0.2, 0.25) is 0 Å². The maximum Gasteiger partial charge on any atom is 0.181 e. The van der Waals surface area contributed by atoms with Gasteiger partial charge in [0.1, 0.15) is 0 Å². The minimum absolute atomic E-state index is 0.127. The maximum absolute atomic E-state index is 12.2. The van der Waals surface area contributed by atoms with Gasteiger partial charge in [0, 0.05) is 5.57 Å². The molecule has 3 heteroatoms. The molecule has 2 N–H and O–H groups in total. The molecule has 15 heavy (non-hydrogen) atoms. The first kappa shape index (κ1) is 10.7. The molecule has 0 unspecified atom stereocenters. The summed E-state index contributed by atoms with van der Waals surface area (Å²) in [4.78, 5) is 12.2. The average Bonchev–Trinajstić information content (AvgIpc) is 2.30. The first-order valence-corrected chi connectivity index (χ1v) is 5.87. The largest absolute Gasteiger partial charge is 0.501 e. The topological polar surface area (TPSA) is 52.3 Å². The summed E-state index contributed by atoms with van der Waals surface area (Å²) in [5.41, 5.74) is 6.39. The maximum atomic E-state index is 12.2. The molecule has 1 aliphatic heterocycles. The minimum Gasteiger partial charge on any atom is -0.501 e. The van der Waals surface area contributed by atoms with Crippen molar-refractivity contribution < 1.29 is 9.53 Å². The summed E-state index contributed by atoms with van der Waals surface area (Å²) in [5.74, 6) is 0.127. The van der Waals surface area contributed by atoms with Crippen LogP contribution in [0.4, 0.5) is 0 Å². The Labute approximate surface area is 90.7 Å². The van der Waals surface area contributed by atoms with Gasteiger partial charge in [-0.1, -0.05) is 19.3 Å². The van der Waals surface area contributed by atoms with E-state index in [1.54, 1.807) is 6.26 Å². The minimum atomic E-state index is -0.592. The number of hydrogen-bond acceptors (Lipinski definition) is 3. The fourth-order valence-electron chi connectivity index (χ4n) is 2.46. The van der Waals surface area contributed by atoms with E-state index in [2.05, 4.69) is 0 Å². The number of carbonyl (C=O) groups is 1. The summed E-state index contributed by atoms with van der Waals surface area (Å²) in [7, 11) is 0. The van der Waals surface area contributed by atoms with E-state index in [-0.39, 0.29) is 5.78 Å². The molecule has 2 rings (SSSR count). The van der Waals surface area contributed by atoms with Crippen LogP contribution in [0, 0.1) is 0 Å². The summed E-state index contributed by atoms with van der Waals surface area (Å²) in [5, 5.41) is 0. The molecular formula is C12H19NO2. The highest BCUT2D eigenvalue weighted by atomic mass is 16.5. The van der Waals surface area contributed by atoms with E-state index in [0.717, 1.165) is 50.7 Å². The van der Waals surface area contributed by atoms with Crippen LogP contribution in [0.1, 0.15) is 44.9 Å². The molecule has 2 aliphatic rings. The fourth-order valence-corrected chi connectivity index (χ4v) is 2.46. The molecule has 1 fully saturated rings. The van der Waals surface area contributed by atoms with E-state index in [1.807, 2.05) is 0 Å². The van der Waals surface area contributed by atoms with Crippen LogP contribution in [0.25, 0.3) is 0 Å². The Morgan fingerprint density at radius 3 is 2.60 bits per heavy atom. The number of hydrogen-bond donors (Lipinski definition) is 1. The summed E-state index contributed by atoms with van der Waals surface area (Å²) in [6.07, 6.45) is 8.43. The van der Waals surface area contributed by atoms with Gasteiger partial charge in [0.15, 0.2) is 5.78 Å². The van der Waals surface area contributed by atoms with Gasteiger partial charge in [-0.3, -0.25) is 4.79 Å². The van der Waals surface area contributed by atoms with Gasteiger partial charge in [0.05, 0.1) is 18.4 Å². The molecule has 0 saturated heterocycles. The molecule has 0 radical (unpaired) electrons. The lowest BCUT2D eigenvalue weighted by Gasteiger charge is -2.33. The first-order valence-electron chi connectivity index (χ1n) is 5.87. The van der Waals surface area contributed by atoms with E-state index in [1.165, 1.54) is 6.42 Å². The van der Waals surface area contributed by atoms with Gasteiger partial charge in [-0.2, -0.15) is 0 Å². The van der Waals surface area contributed by atoms with Crippen LogP contribution in [-0.4, -0.2) is 17.9 Å². The monoisotopic (exact) mass is 209 g/mol. The second kappa shape index (κ2) is 4.35. The van der Waals surface area contributed by atoms with E-state index in [0.29, 0.717) is 0 Å². The quantitative estimate of drug-likeness (QED) is 0.755. The predicted molar refractivity (Wildman–Crippen MR) is 58.3 cm³/mol. The first-order chi connectivity index (χ1) is 7.22. The molecule has 3 nitrogen and oxygen atoms in total. The fraction of sp³-hybridized carbons (Fsp3) is 0.750. The molecule has 0 atom stereocenters. The Hall–Kier alpha value is -0.830. The third-order valence-corrected chi connectivity index (χ3v) is 3.42. The lowest BCUT2D eigenvalue weighted by Crippen LogP contribution is -2.50. The number of Topliss-reactive ketones (excluding diaryl/α,β-unsaturated/α-hetero) is 1. The van der Waals surface area contributed by atoms with E-state index in [4.69, 9.17) is 10.5 Å². The van der Waals surface area contributed by atoms with Gasteiger partial charge in [-0.05, 0) is 25.7 Å². The van der Waals surface area contributed by atoms with Gasteiger partial charge < -0.3 is 10.5 Å². The molecule has 0 aromatic rings. The van der Waals surface area contributed by atoms with Crippen molar-refractivity contribution >= 4 is 5.78 Å². The van der Waals surface area contributed by atoms with Crippen LogP contribution >= 0.6 is 0 Å². The number of rotatable bonds is 2. The van der Waals surface area contributed by atoms with E-state index >= 15 is 0 Å². The third kappa shape index (κ3) is 2.23. The number of ether oxygens (including phenoxy) is 1. The molecule has 84 valence electrons. The predicted octanol–water partition coefficient (Wildman–Crippen LogP) is 1.91. The number of carbonyl (C=O) groups excluding carboxylic acids is 1. The Morgan fingerprint density at radius 2 is 2.00 bits per heavy atom. The second-order valence-corrected chi connectivity index (χ2v) is 4.66. The molecule has 0 spiro atoms. The second-order valence-electron chi connectivity index (χ2n) is 4.66. The van der Waals surface area contributed by atoms with Crippen molar-refractivity contribution in [1.29, 1.82) is 0 Å². The van der Waals surface area contributed by atoms with Crippen LogP contribution in [0.3, 0.4) is 0 Å². The van der Waals surface area contributed by atoms with Crippen molar-refractivity contribution in [2.75, 3.05) is 6.61 Å². The lowest BCUT2D eigenvalue weighted by atomic mass is 9.76. The Bertz CT molecular complexity index is 277. The molecular weight excluding hydrogens is 190 g/mol. The van der Waals surface area contributed by atoms with Crippen molar-refractivity contribution in [1.82, 2.24) is 0 Å². The van der Waals surface area contributed by atoms with E-state index in [9.17, 15) is 4.79 Å². The zero-order valence-corrected chi connectivity index (χ0v) is 9.13. The molecule has 0 bridgehead atoms. The Balaban J connectivity index is 2.08. The van der Waals surface area contributed by atoms with Crippen molar-refractivity contribution in [2.45, 2.75) is 50.5 Å². The molecule has 1 heterocycles. The average molecular weight is 209 g/mol. The van der Waals surface area contributed by atoms with Crippen molar-refractivity contribution in [3.63, 3.8) is 0 Å². The molecule has 0 aromatic heterocycles. The standard InChI is InChI=1S/C12H19NO2/c13-12(6-2-1-3-7-12)11(14)10-5-4-8-15-9-10/h9H,1-8,13H2. The molecule has 0 amide bonds. The normalized spacial score (nSPS) is 25.3. The molecule has 0 aromatic carbocycles. The molecule has 1 aliphatic carbocycles. The summed E-state index contributed by atoms with van der Waals surface area (Å²) in [6.45, 7) is 0.731. The third-order valence-electron chi connectivity index (χ3n) is 3.42. The van der Waals surface area contributed by atoms with Gasteiger partial charge in [0.25, 0.3) is 0 Å². The van der Waals surface area contributed by atoms with Gasteiger partial charge >= 0.3 is 0 Å². The highest BCUT2D eigenvalue weighted by Gasteiger charge is 2.37. The zero-order valence-electron chi connectivity index (χ0n) is 9.13. The molecule has 1 saturated carbocycles. The van der Waals surface area contributed by atoms with Crippen LogP contribution < -0.4 is 5.73 Å².